The van der Waals surface area contributed by atoms with Crippen molar-refractivity contribution in [3.05, 3.63) is 65.7 Å². The van der Waals surface area contributed by atoms with E-state index >= 15 is 0 Å². The maximum atomic E-state index is 12.8. The third-order valence-electron chi connectivity index (χ3n) is 2.79. The van der Waals surface area contributed by atoms with Gasteiger partial charge in [-0.25, -0.2) is 9.18 Å². The largest absolute Gasteiger partial charge is 0.334 e. The van der Waals surface area contributed by atoms with Crippen molar-refractivity contribution in [3.63, 3.8) is 0 Å². The van der Waals surface area contributed by atoms with Gasteiger partial charge in [0.05, 0.1) is 0 Å². The lowest BCUT2D eigenvalue weighted by Gasteiger charge is -2.11. The number of anilines is 1. The average Bonchev–Trinajstić information content (AvgIpc) is 2.55. The van der Waals surface area contributed by atoms with Gasteiger partial charge in [-0.2, -0.15) is 0 Å². The van der Waals surface area contributed by atoms with E-state index in [2.05, 4.69) is 21.7 Å². The number of halogens is 1. The van der Waals surface area contributed by atoms with Crippen molar-refractivity contribution in [1.82, 2.24) is 16.4 Å². The van der Waals surface area contributed by atoms with Crippen LogP contribution in [0.1, 0.15) is 15.9 Å². The SMILES string of the molecule is O=C(NNNC(=O)c1ccccc1CF)Nc1ccccc1. The van der Waals surface area contributed by atoms with Crippen molar-refractivity contribution < 1.29 is 14.0 Å². The minimum atomic E-state index is -0.745. The molecule has 22 heavy (non-hydrogen) atoms. The molecule has 0 aliphatic carbocycles. The number of hydrazine groups is 2. The van der Waals surface area contributed by atoms with Crippen LogP contribution in [0.2, 0.25) is 0 Å². The summed E-state index contributed by atoms with van der Waals surface area (Å²) in [6, 6.07) is 14.5. The van der Waals surface area contributed by atoms with Gasteiger partial charge >= 0.3 is 6.03 Å². The monoisotopic (exact) mass is 302 g/mol. The summed E-state index contributed by atoms with van der Waals surface area (Å²) in [5, 5.41) is 2.55. The Bertz CT molecular complexity index is 649. The van der Waals surface area contributed by atoms with Gasteiger partial charge in [-0.3, -0.25) is 15.6 Å². The van der Waals surface area contributed by atoms with Gasteiger partial charge in [0.1, 0.15) is 6.67 Å². The molecule has 0 spiro atoms. The van der Waals surface area contributed by atoms with Crippen LogP contribution in [0.4, 0.5) is 14.9 Å². The van der Waals surface area contributed by atoms with E-state index in [1.54, 1.807) is 36.4 Å². The molecule has 7 heteroatoms. The molecule has 0 heterocycles. The molecular formula is C15H15FN4O2. The van der Waals surface area contributed by atoms with Gasteiger partial charge in [-0.1, -0.05) is 36.4 Å². The predicted octanol–water partition coefficient (Wildman–Crippen LogP) is 2.13. The van der Waals surface area contributed by atoms with Gasteiger partial charge in [0.2, 0.25) is 0 Å². The highest BCUT2D eigenvalue weighted by atomic mass is 19.1. The third kappa shape index (κ3) is 4.29. The first-order chi connectivity index (χ1) is 10.7. The molecule has 4 N–H and O–H groups in total. The molecule has 0 atom stereocenters. The van der Waals surface area contributed by atoms with Crippen molar-refractivity contribution >= 4 is 17.6 Å². The first kappa shape index (κ1) is 15.5. The zero-order chi connectivity index (χ0) is 15.8. The Morgan fingerprint density at radius 1 is 0.909 bits per heavy atom. The van der Waals surface area contributed by atoms with Crippen LogP contribution < -0.4 is 21.7 Å². The molecule has 2 rings (SSSR count). The van der Waals surface area contributed by atoms with Gasteiger partial charge in [0, 0.05) is 11.3 Å². The third-order valence-corrected chi connectivity index (χ3v) is 2.79. The Morgan fingerprint density at radius 3 is 2.32 bits per heavy atom. The fraction of sp³-hybridized carbons (Fsp3) is 0.0667. The van der Waals surface area contributed by atoms with Crippen molar-refractivity contribution in [2.75, 3.05) is 5.32 Å². The van der Waals surface area contributed by atoms with Crippen LogP contribution in [-0.2, 0) is 6.67 Å². The van der Waals surface area contributed by atoms with Crippen molar-refractivity contribution in [2.24, 2.45) is 0 Å². The molecule has 0 saturated carbocycles. The summed E-state index contributed by atoms with van der Waals surface area (Å²) in [6.07, 6.45) is 0. The number of hydrogen-bond donors (Lipinski definition) is 4. The number of benzene rings is 2. The molecule has 3 amide bonds. The number of rotatable bonds is 5. The lowest BCUT2D eigenvalue weighted by atomic mass is 10.1. The molecule has 114 valence electrons. The first-order valence-corrected chi connectivity index (χ1v) is 6.52. The summed E-state index contributed by atoms with van der Waals surface area (Å²) >= 11 is 0. The molecule has 0 fully saturated rings. The number of carbonyl (C=O) groups excluding carboxylic acids is 2. The van der Waals surface area contributed by atoms with Crippen LogP contribution in [0.15, 0.2) is 54.6 Å². The molecular weight excluding hydrogens is 287 g/mol. The maximum absolute atomic E-state index is 12.8. The van der Waals surface area contributed by atoms with Crippen LogP contribution in [0.25, 0.3) is 0 Å². The molecule has 0 aliphatic heterocycles. The first-order valence-electron chi connectivity index (χ1n) is 6.52. The molecule has 0 saturated heterocycles. The summed E-state index contributed by atoms with van der Waals surface area (Å²) in [5.74, 6) is -0.548. The molecule has 0 aliphatic rings. The zero-order valence-corrected chi connectivity index (χ0v) is 11.6. The second kappa shape index (κ2) is 7.75. The van der Waals surface area contributed by atoms with Gasteiger partial charge in [-0.15, -0.1) is 5.53 Å². The lowest BCUT2D eigenvalue weighted by Crippen LogP contribution is -2.50. The van der Waals surface area contributed by atoms with Gasteiger partial charge < -0.3 is 5.32 Å². The van der Waals surface area contributed by atoms with E-state index in [0.29, 0.717) is 5.69 Å². The molecule has 2 aromatic carbocycles. The van der Waals surface area contributed by atoms with E-state index in [-0.39, 0.29) is 11.1 Å². The predicted molar refractivity (Wildman–Crippen MR) is 80.5 cm³/mol. The second-order valence-electron chi connectivity index (χ2n) is 4.32. The van der Waals surface area contributed by atoms with Crippen molar-refractivity contribution in [1.29, 1.82) is 0 Å². The number of nitrogens with one attached hydrogen (secondary N) is 4. The topological polar surface area (TPSA) is 82.3 Å². The molecule has 6 nitrogen and oxygen atoms in total. The van der Waals surface area contributed by atoms with E-state index in [4.69, 9.17) is 0 Å². The molecule has 0 bridgehead atoms. The molecule has 0 radical (unpaired) electrons. The Kier molecular flexibility index (Phi) is 5.44. The second-order valence-corrected chi connectivity index (χ2v) is 4.32. The minimum Gasteiger partial charge on any atom is -0.307 e. The molecule has 0 aromatic heterocycles. The fourth-order valence-electron chi connectivity index (χ4n) is 1.75. The number of carbonyl (C=O) groups is 2. The minimum absolute atomic E-state index is 0.197. The Morgan fingerprint density at radius 2 is 1.59 bits per heavy atom. The van der Waals surface area contributed by atoms with Crippen LogP contribution in [0.3, 0.4) is 0 Å². The van der Waals surface area contributed by atoms with Crippen molar-refractivity contribution in [3.8, 4) is 0 Å². The van der Waals surface area contributed by atoms with Crippen LogP contribution >= 0.6 is 0 Å². The lowest BCUT2D eigenvalue weighted by molar-refractivity contribution is 0.0925. The normalized spacial score (nSPS) is 9.86. The Labute approximate surface area is 126 Å². The highest BCUT2D eigenvalue weighted by Crippen LogP contribution is 2.09. The van der Waals surface area contributed by atoms with Gasteiger partial charge in [0.25, 0.3) is 5.91 Å². The molecule has 2 aromatic rings. The average molecular weight is 302 g/mol. The standard InChI is InChI=1S/C15H15FN4O2/c16-10-11-6-4-5-9-13(11)14(21)18-20-19-15(22)17-12-7-2-1-3-8-12/h1-9,20H,10H2,(H,18,21)(H2,17,19,22). The number of amides is 3. The number of hydrogen-bond acceptors (Lipinski definition) is 3. The zero-order valence-electron chi connectivity index (χ0n) is 11.6. The fourth-order valence-corrected chi connectivity index (χ4v) is 1.75. The highest BCUT2D eigenvalue weighted by molar-refractivity contribution is 5.95. The summed E-state index contributed by atoms with van der Waals surface area (Å²) < 4.78 is 12.8. The summed E-state index contributed by atoms with van der Waals surface area (Å²) in [4.78, 5) is 23.4. The number of urea groups is 1. The van der Waals surface area contributed by atoms with Crippen LogP contribution in [0.5, 0.6) is 0 Å². The Hall–Kier alpha value is -2.93. The van der Waals surface area contributed by atoms with Gasteiger partial charge in [0.15, 0.2) is 0 Å². The maximum Gasteiger partial charge on any atom is 0.334 e. The van der Waals surface area contributed by atoms with Crippen LogP contribution in [-0.4, -0.2) is 11.9 Å². The van der Waals surface area contributed by atoms with E-state index < -0.39 is 18.6 Å². The van der Waals surface area contributed by atoms with Crippen molar-refractivity contribution in [2.45, 2.75) is 6.67 Å². The van der Waals surface area contributed by atoms with E-state index in [0.717, 1.165) is 0 Å². The number of para-hydroxylation sites is 1. The van der Waals surface area contributed by atoms with E-state index in [9.17, 15) is 14.0 Å². The van der Waals surface area contributed by atoms with E-state index in [1.165, 1.54) is 12.1 Å². The van der Waals surface area contributed by atoms with Gasteiger partial charge in [-0.05, 0) is 23.8 Å². The highest BCUT2D eigenvalue weighted by Gasteiger charge is 2.10. The smallest absolute Gasteiger partial charge is 0.307 e. The van der Waals surface area contributed by atoms with E-state index in [1.807, 2.05) is 6.07 Å². The summed E-state index contributed by atoms with van der Waals surface area (Å²) in [6.45, 7) is -0.745. The number of alkyl halides is 1. The summed E-state index contributed by atoms with van der Waals surface area (Å²) in [5.41, 5.74) is 7.86. The summed E-state index contributed by atoms with van der Waals surface area (Å²) in [7, 11) is 0. The van der Waals surface area contributed by atoms with Crippen LogP contribution in [0, 0.1) is 0 Å². The Balaban J connectivity index is 1.81. The quantitative estimate of drug-likeness (QED) is 0.639. The molecule has 0 unspecified atom stereocenters.